The highest BCUT2D eigenvalue weighted by molar-refractivity contribution is 6.18. The number of hydrogen-bond acceptors (Lipinski definition) is 2. The summed E-state index contributed by atoms with van der Waals surface area (Å²) in [6, 6.07) is 7.75. The highest BCUT2D eigenvalue weighted by atomic mass is 35.5. The van der Waals surface area contributed by atoms with Gasteiger partial charge in [-0.15, -0.1) is 11.6 Å². The van der Waals surface area contributed by atoms with Gasteiger partial charge in [0.05, 0.1) is 19.3 Å². The van der Waals surface area contributed by atoms with Crippen molar-refractivity contribution < 1.29 is 9.53 Å². The topological polar surface area (TPSA) is 29.5 Å². The predicted octanol–water partition coefficient (Wildman–Crippen LogP) is 2.33. The van der Waals surface area contributed by atoms with E-state index in [0.717, 1.165) is 17.5 Å². The lowest BCUT2D eigenvalue weighted by molar-refractivity contribution is 0.00450. The third kappa shape index (κ3) is 2.68. The Balaban J connectivity index is 2.24. The average molecular weight is 268 g/mol. The summed E-state index contributed by atoms with van der Waals surface area (Å²) in [7, 11) is 0. The molecule has 1 aromatic carbocycles. The van der Waals surface area contributed by atoms with E-state index in [1.807, 2.05) is 29.2 Å². The number of aryl methyl sites for hydroxylation is 1. The van der Waals surface area contributed by atoms with E-state index in [0.29, 0.717) is 25.6 Å². The standard InChI is InChI=1S/C14H18ClNO2/c1-2-11-5-3-4-6-13(11)14(17)16-7-8-18-10-12(16)9-15/h3-6,12H,2,7-10H2,1H3. The molecule has 1 unspecified atom stereocenters. The van der Waals surface area contributed by atoms with Gasteiger partial charge in [0.15, 0.2) is 0 Å². The van der Waals surface area contributed by atoms with Crippen LogP contribution >= 0.6 is 11.6 Å². The van der Waals surface area contributed by atoms with Crippen LogP contribution in [0, 0.1) is 0 Å². The summed E-state index contributed by atoms with van der Waals surface area (Å²) < 4.78 is 5.37. The van der Waals surface area contributed by atoms with Crippen LogP contribution in [0.25, 0.3) is 0 Å². The number of carbonyl (C=O) groups excluding carboxylic acids is 1. The highest BCUT2D eigenvalue weighted by Gasteiger charge is 2.28. The van der Waals surface area contributed by atoms with Crippen molar-refractivity contribution in [3.05, 3.63) is 35.4 Å². The summed E-state index contributed by atoms with van der Waals surface area (Å²) in [4.78, 5) is 14.4. The predicted molar refractivity (Wildman–Crippen MR) is 72.2 cm³/mol. The third-order valence-corrected chi connectivity index (χ3v) is 3.65. The van der Waals surface area contributed by atoms with Crippen LogP contribution in [0.3, 0.4) is 0 Å². The van der Waals surface area contributed by atoms with Crippen molar-refractivity contribution in [3.63, 3.8) is 0 Å². The number of morpholine rings is 1. The molecule has 3 nitrogen and oxygen atoms in total. The number of carbonyl (C=O) groups is 1. The highest BCUT2D eigenvalue weighted by Crippen LogP contribution is 2.17. The van der Waals surface area contributed by atoms with Crippen LogP contribution in [0.2, 0.25) is 0 Å². The normalized spacial score (nSPS) is 19.9. The van der Waals surface area contributed by atoms with Crippen LogP contribution in [0.15, 0.2) is 24.3 Å². The second-order valence-electron chi connectivity index (χ2n) is 4.39. The Morgan fingerprint density at radius 2 is 2.28 bits per heavy atom. The number of rotatable bonds is 3. The molecular formula is C14H18ClNO2. The Hall–Kier alpha value is -1.06. The van der Waals surface area contributed by atoms with Crippen molar-refractivity contribution in [3.8, 4) is 0 Å². The molecule has 0 bridgehead atoms. The molecule has 0 aromatic heterocycles. The molecule has 0 spiro atoms. The Labute approximate surface area is 113 Å². The van der Waals surface area contributed by atoms with Crippen molar-refractivity contribution in [2.24, 2.45) is 0 Å². The van der Waals surface area contributed by atoms with Crippen LogP contribution in [0.1, 0.15) is 22.8 Å². The fourth-order valence-electron chi connectivity index (χ4n) is 2.24. The maximum atomic E-state index is 12.6. The number of halogens is 1. The molecule has 2 rings (SSSR count). The fraction of sp³-hybridized carbons (Fsp3) is 0.500. The molecule has 0 N–H and O–H groups in total. The number of ether oxygens (including phenoxy) is 1. The second-order valence-corrected chi connectivity index (χ2v) is 4.70. The van der Waals surface area contributed by atoms with Gasteiger partial charge in [-0.25, -0.2) is 0 Å². The second kappa shape index (κ2) is 6.21. The van der Waals surface area contributed by atoms with E-state index in [-0.39, 0.29) is 11.9 Å². The molecule has 18 heavy (non-hydrogen) atoms. The molecule has 1 aromatic rings. The Morgan fingerprint density at radius 3 is 3.00 bits per heavy atom. The van der Waals surface area contributed by atoms with Gasteiger partial charge < -0.3 is 9.64 Å². The van der Waals surface area contributed by atoms with E-state index >= 15 is 0 Å². The average Bonchev–Trinajstić information content (AvgIpc) is 2.46. The van der Waals surface area contributed by atoms with Crippen LogP contribution in [0.4, 0.5) is 0 Å². The van der Waals surface area contributed by atoms with E-state index in [2.05, 4.69) is 6.92 Å². The SMILES string of the molecule is CCc1ccccc1C(=O)N1CCOCC1CCl. The van der Waals surface area contributed by atoms with Crippen molar-refractivity contribution in [2.75, 3.05) is 25.6 Å². The number of hydrogen-bond donors (Lipinski definition) is 0. The van der Waals surface area contributed by atoms with Gasteiger partial charge in [0.2, 0.25) is 0 Å². The third-order valence-electron chi connectivity index (χ3n) is 3.30. The van der Waals surface area contributed by atoms with Crippen LogP contribution in [-0.2, 0) is 11.2 Å². The summed E-state index contributed by atoms with van der Waals surface area (Å²) >= 11 is 5.91. The monoisotopic (exact) mass is 267 g/mol. The Bertz CT molecular complexity index is 422. The minimum absolute atomic E-state index is 0.0159. The van der Waals surface area contributed by atoms with Gasteiger partial charge in [-0.3, -0.25) is 4.79 Å². The molecule has 1 aliphatic heterocycles. The van der Waals surface area contributed by atoms with E-state index < -0.39 is 0 Å². The lowest BCUT2D eigenvalue weighted by Crippen LogP contribution is -2.49. The fourth-order valence-corrected chi connectivity index (χ4v) is 2.50. The summed E-state index contributed by atoms with van der Waals surface area (Å²) in [6.45, 7) is 3.80. The quantitative estimate of drug-likeness (QED) is 0.787. The molecule has 1 heterocycles. The molecule has 1 fully saturated rings. The first kappa shape index (κ1) is 13.4. The molecule has 1 aliphatic rings. The molecule has 1 saturated heterocycles. The van der Waals surface area contributed by atoms with Crippen LogP contribution < -0.4 is 0 Å². The molecule has 98 valence electrons. The number of amides is 1. The molecule has 0 saturated carbocycles. The zero-order chi connectivity index (χ0) is 13.0. The maximum Gasteiger partial charge on any atom is 0.254 e. The minimum atomic E-state index is -0.0159. The summed E-state index contributed by atoms with van der Waals surface area (Å²) in [5.74, 6) is 0.487. The van der Waals surface area contributed by atoms with Gasteiger partial charge in [-0.2, -0.15) is 0 Å². The zero-order valence-electron chi connectivity index (χ0n) is 10.6. The largest absolute Gasteiger partial charge is 0.377 e. The number of alkyl halides is 1. The molecule has 0 aliphatic carbocycles. The molecule has 1 amide bonds. The Kier molecular flexibility index (Phi) is 4.61. The first-order valence-corrected chi connectivity index (χ1v) is 6.84. The summed E-state index contributed by atoms with van der Waals surface area (Å²) in [5, 5.41) is 0. The summed E-state index contributed by atoms with van der Waals surface area (Å²) in [6.07, 6.45) is 0.859. The van der Waals surface area contributed by atoms with E-state index in [9.17, 15) is 4.79 Å². The van der Waals surface area contributed by atoms with E-state index in [1.165, 1.54) is 0 Å². The Morgan fingerprint density at radius 1 is 1.50 bits per heavy atom. The van der Waals surface area contributed by atoms with Gasteiger partial charge in [0, 0.05) is 18.0 Å². The van der Waals surface area contributed by atoms with Gasteiger partial charge in [-0.05, 0) is 18.1 Å². The summed E-state index contributed by atoms with van der Waals surface area (Å²) in [5.41, 5.74) is 1.87. The molecular weight excluding hydrogens is 250 g/mol. The first-order valence-electron chi connectivity index (χ1n) is 6.30. The van der Waals surface area contributed by atoms with Crippen LogP contribution in [-0.4, -0.2) is 42.5 Å². The first-order chi connectivity index (χ1) is 8.77. The van der Waals surface area contributed by atoms with Gasteiger partial charge in [-0.1, -0.05) is 25.1 Å². The molecule has 1 atom stereocenters. The number of benzene rings is 1. The van der Waals surface area contributed by atoms with Crippen molar-refractivity contribution in [1.82, 2.24) is 4.90 Å². The van der Waals surface area contributed by atoms with Crippen molar-refractivity contribution in [1.29, 1.82) is 0 Å². The lowest BCUT2D eigenvalue weighted by atomic mass is 10.0. The zero-order valence-corrected chi connectivity index (χ0v) is 11.3. The van der Waals surface area contributed by atoms with E-state index in [1.54, 1.807) is 0 Å². The smallest absolute Gasteiger partial charge is 0.254 e. The van der Waals surface area contributed by atoms with Crippen LogP contribution in [0.5, 0.6) is 0 Å². The molecule has 0 radical (unpaired) electrons. The van der Waals surface area contributed by atoms with Crippen molar-refractivity contribution in [2.45, 2.75) is 19.4 Å². The van der Waals surface area contributed by atoms with Crippen molar-refractivity contribution >= 4 is 17.5 Å². The lowest BCUT2D eigenvalue weighted by Gasteiger charge is -2.34. The molecule has 4 heteroatoms. The van der Waals surface area contributed by atoms with E-state index in [4.69, 9.17) is 16.3 Å². The van der Waals surface area contributed by atoms with Gasteiger partial charge in [0.25, 0.3) is 5.91 Å². The van der Waals surface area contributed by atoms with Gasteiger partial charge in [0.1, 0.15) is 0 Å². The maximum absolute atomic E-state index is 12.6. The minimum Gasteiger partial charge on any atom is -0.377 e. The van der Waals surface area contributed by atoms with Gasteiger partial charge >= 0.3 is 0 Å². The number of nitrogens with zero attached hydrogens (tertiary/aromatic N) is 1.